The summed E-state index contributed by atoms with van der Waals surface area (Å²) < 4.78 is 36.2. The number of halogens is 3. The standard InChI is InChI=1S/C10H13F3N2O2S/c1-3-6-7(8(16)17)18-9(14-6)15(2)5-4-10(11,12)13/h3-5H2,1-2H3,(H,16,17). The first-order valence-electron chi connectivity index (χ1n) is 5.25. The molecule has 0 bridgehead atoms. The van der Waals surface area contributed by atoms with Crippen molar-refractivity contribution in [2.45, 2.75) is 25.9 Å². The fourth-order valence-electron chi connectivity index (χ4n) is 1.30. The van der Waals surface area contributed by atoms with Gasteiger partial charge in [-0.2, -0.15) is 13.2 Å². The Kier molecular flexibility index (Phi) is 4.55. The second-order valence-electron chi connectivity index (χ2n) is 3.72. The van der Waals surface area contributed by atoms with Crippen LogP contribution in [0.5, 0.6) is 0 Å². The van der Waals surface area contributed by atoms with Gasteiger partial charge in [0.05, 0.1) is 12.1 Å². The summed E-state index contributed by atoms with van der Waals surface area (Å²) in [4.78, 5) is 16.4. The van der Waals surface area contributed by atoms with Crippen LogP contribution in [0.15, 0.2) is 0 Å². The molecule has 1 aromatic rings. The number of aryl methyl sites for hydroxylation is 1. The van der Waals surface area contributed by atoms with Gasteiger partial charge in [0.25, 0.3) is 0 Å². The molecule has 0 saturated heterocycles. The Morgan fingerprint density at radius 2 is 2.11 bits per heavy atom. The first-order valence-corrected chi connectivity index (χ1v) is 6.07. The van der Waals surface area contributed by atoms with E-state index in [0.29, 0.717) is 17.2 Å². The van der Waals surface area contributed by atoms with Crippen LogP contribution in [0.2, 0.25) is 0 Å². The van der Waals surface area contributed by atoms with Gasteiger partial charge in [-0.1, -0.05) is 18.3 Å². The van der Waals surface area contributed by atoms with Crippen LogP contribution in [0.25, 0.3) is 0 Å². The van der Waals surface area contributed by atoms with E-state index in [1.165, 1.54) is 11.9 Å². The summed E-state index contributed by atoms with van der Waals surface area (Å²) in [6.07, 6.45) is -4.74. The molecule has 0 atom stereocenters. The smallest absolute Gasteiger partial charge is 0.390 e. The third-order valence-electron chi connectivity index (χ3n) is 2.27. The summed E-state index contributed by atoms with van der Waals surface area (Å²) >= 11 is 0.899. The maximum Gasteiger partial charge on any atom is 0.390 e. The van der Waals surface area contributed by atoms with Crippen LogP contribution in [0.1, 0.15) is 28.7 Å². The van der Waals surface area contributed by atoms with Crippen molar-refractivity contribution >= 4 is 22.4 Å². The Bertz CT molecular complexity index is 431. The number of hydrogen-bond donors (Lipinski definition) is 1. The first-order chi connectivity index (χ1) is 8.24. The third kappa shape index (κ3) is 3.86. The highest BCUT2D eigenvalue weighted by Crippen LogP contribution is 2.27. The van der Waals surface area contributed by atoms with Gasteiger partial charge < -0.3 is 10.0 Å². The topological polar surface area (TPSA) is 53.4 Å². The molecule has 0 aliphatic heterocycles. The van der Waals surface area contributed by atoms with Crippen molar-refractivity contribution in [2.75, 3.05) is 18.5 Å². The molecular weight excluding hydrogens is 269 g/mol. The lowest BCUT2D eigenvalue weighted by Gasteiger charge is -2.16. The number of rotatable bonds is 5. The fourth-order valence-corrected chi connectivity index (χ4v) is 2.28. The molecule has 0 radical (unpaired) electrons. The molecule has 4 nitrogen and oxygen atoms in total. The van der Waals surface area contributed by atoms with Gasteiger partial charge >= 0.3 is 12.1 Å². The molecule has 0 aliphatic rings. The number of carboxylic acid groups (broad SMARTS) is 1. The quantitative estimate of drug-likeness (QED) is 0.902. The van der Waals surface area contributed by atoms with Crippen molar-refractivity contribution in [1.29, 1.82) is 0 Å². The van der Waals surface area contributed by atoms with E-state index in [9.17, 15) is 18.0 Å². The van der Waals surface area contributed by atoms with Crippen molar-refractivity contribution < 1.29 is 23.1 Å². The summed E-state index contributed by atoms with van der Waals surface area (Å²) in [7, 11) is 1.47. The fraction of sp³-hybridized carbons (Fsp3) is 0.600. The minimum absolute atomic E-state index is 0.0892. The molecule has 0 unspecified atom stereocenters. The number of thiazole rings is 1. The summed E-state index contributed by atoms with van der Waals surface area (Å²) in [5, 5.41) is 9.22. The number of aromatic nitrogens is 1. The minimum Gasteiger partial charge on any atom is -0.477 e. The van der Waals surface area contributed by atoms with Gasteiger partial charge in [0, 0.05) is 13.6 Å². The lowest BCUT2D eigenvalue weighted by molar-refractivity contribution is -0.132. The summed E-state index contributed by atoms with van der Waals surface area (Å²) in [5.41, 5.74) is 0.404. The number of nitrogens with zero attached hydrogens (tertiary/aromatic N) is 2. The molecule has 0 spiro atoms. The summed E-state index contributed by atoms with van der Waals surface area (Å²) in [5.74, 6) is -1.10. The maximum atomic E-state index is 12.1. The van der Waals surface area contributed by atoms with E-state index in [1.807, 2.05) is 0 Å². The molecule has 0 aliphatic carbocycles. The Balaban J connectivity index is 2.80. The van der Waals surface area contributed by atoms with Crippen molar-refractivity contribution in [3.8, 4) is 0 Å². The predicted molar refractivity (Wildman–Crippen MR) is 62.4 cm³/mol. The average molecular weight is 282 g/mol. The highest BCUT2D eigenvalue weighted by Gasteiger charge is 2.28. The van der Waals surface area contributed by atoms with Crippen LogP contribution >= 0.6 is 11.3 Å². The van der Waals surface area contributed by atoms with E-state index < -0.39 is 18.6 Å². The molecule has 8 heteroatoms. The molecule has 102 valence electrons. The van der Waals surface area contributed by atoms with Crippen LogP contribution in [0, 0.1) is 0 Å². The Morgan fingerprint density at radius 1 is 1.50 bits per heavy atom. The van der Waals surface area contributed by atoms with Gasteiger partial charge in [-0.3, -0.25) is 0 Å². The predicted octanol–water partition coefficient (Wildman–Crippen LogP) is 2.79. The largest absolute Gasteiger partial charge is 0.477 e. The van der Waals surface area contributed by atoms with E-state index in [1.54, 1.807) is 6.92 Å². The summed E-state index contributed by atoms with van der Waals surface area (Å²) in [6, 6.07) is 0. The first kappa shape index (κ1) is 14.7. The van der Waals surface area contributed by atoms with E-state index in [-0.39, 0.29) is 11.4 Å². The van der Waals surface area contributed by atoms with Gasteiger partial charge in [-0.15, -0.1) is 0 Å². The van der Waals surface area contributed by atoms with Crippen molar-refractivity contribution in [2.24, 2.45) is 0 Å². The molecule has 0 fully saturated rings. The zero-order chi connectivity index (χ0) is 13.9. The van der Waals surface area contributed by atoms with Gasteiger partial charge in [0.2, 0.25) is 0 Å². The number of aromatic carboxylic acids is 1. The van der Waals surface area contributed by atoms with E-state index in [0.717, 1.165) is 11.3 Å². The Hall–Kier alpha value is -1.31. The second kappa shape index (κ2) is 5.55. The molecule has 1 heterocycles. The van der Waals surface area contributed by atoms with Crippen molar-refractivity contribution in [3.63, 3.8) is 0 Å². The minimum atomic E-state index is -4.23. The molecule has 0 saturated carbocycles. The number of hydrogen-bond acceptors (Lipinski definition) is 4. The maximum absolute atomic E-state index is 12.1. The normalized spacial score (nSPS) is 11.6. The van der Waals surface area contributed by atoms with Crippen LogP contribution in [0.3, 0.4) is 0 Å². The highest BCUT2D eigenvalue weighted by atomic mass is 32.1. The van der Waals surface area contributed by atoms with Crippen LogP contribution in [-0.4, -0.2) is 35.8 Å². The van der Waals surface area contributed by atoms with Crippen molar-refractivity contribution in [1.82, 2.24) is 4.98 Å². The lowest BCUT2D eigenvalue weighted by Crippen LogP contribution is -2.23. The molecule has 18 heavy (non-hydrogen) atoms. The molecular formula is C10H13F3N2O2S. The molecule has 0 aromatic carbocycles. The molecule has 1 aromatic heterocycles. The monoisotopic (exact) mass is 282 g/mol. The average Bonchev–Trinajstić information content (AvgIpc) is 2.68. The molecule has 0 amide bonds. The van der Waals surface area contributed by atoms with Crippen LogP contribution < -0.4 is 4.90 Å². The van der Waals surface area contributed by atoms with Gasteiger partial charge in [-0.25, -0.2) is 9.78 Å². The van der Waals surface area contributed by atoms with E-state index >= 15 is 0 Å². The van der Waals surface area contributed by atoms with E-state index in [2.05, 4.69) is 4.98 Å². The van der Waals surface area contributed by atoms with Crippen LogP contribution in [0.4, 0.5) is 18.3 Å². The highest BCUT2D eigenvalue weighted by molar-refractivity contribution is 7.17. The zero-order valence-electron chi connectivity index (χ0n) is 9.91. The SMILES string of the molecule is CCc1nc(N(C)CCC(F)(F)F)sc1C(=O)O. The third-order valence-corrected chi connectivity index (χ3v) is 3.47. The van der Waals surface area contributed by atoms with Crippen LogP contribution in [-0.2, 0) is 6.42 Å². The molecule has 1 rings (SSSR count). The number of carbonyl (C=O) groups is 1. The van der Waals surface area contributed by atoms with Gasteiger partial charge in [0.15, 0.2) is 5.13 Å². The number of alkyl halides is 3. The van der Waals surface area contributed by atoms with Gasteiger partial charge in [0.1, 0.15) is 4.88 Å². The Labute approximate surface area is 106 Å². The number of anilines is 1. The summed E-state index contributed by atoms with van der Waals surface area (Å²) in [6.45, 7) is 1.51. The van der Waals surface area contributed by atoms with Crippen molar-refractivity contribution in [3.05, 3.63) is 10.6 Å². The Morgan fingerprint density at radius 3 is 2.50 bits per heavy atom. The number of carboxylic acids is 1. The molecule has 1 N–H and O–H groups in total. The zero-order valence-corrected chi connectivity index (χ0v) is 10.7. The second-order valence-corrected chi connectivity index (χ2v) is 4.70. The van der Waals surface area contributed by atoms with E-state index in [4.69, 9.17) is 5.11 Å². The lowest BCUT2D eigenvalue weighted by atomic mass is 10.3. The van der Waals surface area contributed by atoms with Gasteiger partial charge in [-0.05, 0) is 6.42 Å².